The number of aromatic nitrogens is 2. The van der Waals surface area contributed by atoms with Crippen LogP contribution in [0.25, 0.3) is 0 Å². The van der Waals surface area contributed by atoms with Crippen LogP contribution in [0.1, 0.15) is 31.3 Å². The van der Waals surface area contributed by atoms with E-state index in [1.165, 1.54) is 5.56 Å². The number of hydrogen-bond donors (Lipinski definition) is 2. The number of hydrogen-bond acceptors (Lipinski definition) is 5. The highest BCUT2D eigenvalue weighted by atomic mass is 16.4. The fraction of sp³-hybridized carbons (Fsp3) is 0.385. The highest BCUT2D eigenvalue weighted by Gasteiger charge is 2.11. The van der Waals surface area contributed by atoms with Gasteiger partial charge in [-0.25, -0.2) is 0 Å². The number of nitrogens with two attached hydrogens (primary N) is 1. The molecule has 96 valence electrons. The molecule has 0 saturated heterocycles. The molecule has 0 saturated carbocycles. The van der Waals surface area contributed by atoms with Gasteiger partial charge in [-0.2, -0.15) is 0 Å². The Morgan fingerprint density at radius 3 is 2.56 bits per heavy atom. The van der Waals surface area contributed by atoms with Crippen molar-refractivity contribution in [2.45, 2.75) is 32.4 Å². The highest BCUT2D eigenvalue weighted by Crippen LogP contribution is 2.13. The normalized spacial score (nSPS) is 14.2. The van der Waals surface area contributed by atoms with E-state index in [9.17, 15) is 0 Å². The number of nitrogens with zero attached hydrogens (tertiary/aromatic N) is 2. The van der Waals surface area contributed by atoms with Crippen molar-refractivity contribution >= 4 is 6.01 Å². The van der Waals surface area contributed by atoms with Gasteiger partial charge in [0, 0.05) is 6.04 Å². The van der Waals surface area contributed by atoms with E-state index in [1.807, 2.05) is 25.1 Å². The average Bonchev–Trinajstić information content (AvgIpc) is 2.78. The summed E-state index contributed by atoms with van der Waals surface area (Å²) in [6.07, 6.45) is 0.900. The Labute approximate surface area is 106 Å². The molecular weight excluding hydrogens is 228 g/mol. The molecular formula is C13H18N4O. The molecule has 3 N–H and O–H groups in total. The molecule has 2 atom stereocenters. The molecule has 0 radical (unpaired) electrons. The van der Waals surface area contributed by atoms with Gasteiger partial charge >= 0.3 is 6.01 Å². The molecule has 5 nitrogen and oxygen atoms in total. The maximum Gasteiger partial charge on any atom is 0.315 e. The summed E-state index contributed by atoms with van der Waals surface area (Å²) in [5.41, 5.74) is 6.93. The van der Waals surface area contributed by atoms with Gasteiger partial charge in [-0.05, 0) is 25.8 Å². The smallest absolute Gasteiger partial charge is 0.315 e. The van der Waals surface area contributed by atoms with Crippen LogP contribution in [0, 0.1) is 0 Å². The monoisotopic (exact) mass is 246 g/mol. The van der Waals surface area contributed by atoms with Crippen molar-refractivity contribution in [2.75, 3.05) is 5.32 Å². The van der Waals surface area contributed by atoms with E-state index in [1.54, 1.807) is 0 Å². The van der Waals surface area contributed by atoms with E-state index in [0.29, 0.717) is 11.9 Å². The lowest BCUT2D eigenvalue weighted by atomic mass is 10.1. The van der Waals surface area contributed by atoms with Crippen molar-refractivity contribution in [2.24, 2.45) is 5.73 Å². The van der Waals surface area contributed by atoms with Crippen LogP contribution in [0.4, 0.5) is 6.01 Å². The molecule has 0 fully saturated rings. The molecule has 18 heavy (non-hydrogen) atoms. The van der Waals surface area contributed by atoms with Gasteiger partial charge in [0.1, 0.15) is 0 Å². The van der Waals surface area contributed by atoms with E-state index in [0.717, 1.165) is 6.42 Å². The lowest BCUT2D eigenvalue weighted by Crippen LogP contribution is -2.18. The van der Waals surface area contributed by atoms with Gasteiger partial charge < -0.3 is 15.5 Å². The Morgan fingerprint density at radius 1 is 1.22 bits per heavy atom. The zero-order valence-electron chi connectivity index (χ0n) is 10.6. The van der Waals surface area contributed by atoms with E-state index in [-0.39, 0.29) is 12.1 Å². The number of rotatable bonds is 5. The van der Waals surface area contributed by atoms with Crippen molar-refractivity contribution in [3.05, 3.63) is 41.8 Å². The predicted octanol–water partition coefficient (Wildman–Crippen LogP) is 2.13. The summed E-state index contributed by atoms with van der Waals surface area (Å²) < 4.78 is 5.40. The molecule has 5 heteroatoms. The van der Waals surface area contributed by atoms with Crippen LogP contribution in [0.5, 0.6) is 0 Å². The molecule has 0 aliphatic heterocycles. The maximum absolute atomic E-state index is 5.66. The summed E-state index contributed by atoms with van der Waals surface area (Å²) in [7, 11) is 0. The molecule has 2 rings (SSSR count). The van der Waals surface area contributed by atoms with E-state index in [2.05, 4.69) is 34.6 Å². The second kappa shape index (κ2) is 5.64. The maximum atomic E-state index is 5.66. The van der Waals surface area contributed by atoms with Crippen molar-refractivity contribution in [3.8, 4) is 0 Å². The molecule has 0 spiro atoms. The van der Waals surface area contributed by atoms with Crippen LogP contribution in [0.15, 0.2) is 34.7 Å². The number of benzene rings is 1. The lowest BCUT2D eigenvalue weighted by molar-refractivity contribution is 0.469. The van der Waals surface area contributed by atoms with E-state index in [4.69, 9.17) is 10.2 Å². The molecule has 2 unspecified atom stereocenters. The Bertz CT molecular complexity index is 481. The molecule has 1 aromatic carbocycles. The summed E-state index contributed by atoms with van der Waals surface area (Å²) in [4.78, 5) is 0. The SMILES string of the molecule is CC(Cc1ccccc1)Nc1nnc(C(C)N)o1. The Hall–Kier alpha value is -1.88. The lowest BCUT2D eigenvalue weighted by Gasteiger charge is -2.11. The number of anilines is 1. The second-order valence-electron chi connectivity index (χ2n) is 4.47. The van der Waals surface area contributed by atoms with Crippen LogP contribution in [-0.4, -0.2) is 16.2 Å². The number of nitrogens with one attached hydrogen (secondary N) is 1. The first-order valence-corrected chi connectivity index (χ1v) is 6.04. The van der Waals surface area contributed by atoms with Gasteiger partial charge in [0.25, 0.3) is 0 Å². The largest absolute Gasteiger partial charge is 0.406 e. The Balaban J connectivity index is 1.92. The van der Waals surface area contributed by atoms with Crippen LogP contribution in [0.3, 0.4) is 0 Å². The van der Waals surface area contributed by atoms with Crippen LogP contribution < -0.4 is 11.1 Å². The van der Waals surface area contributed by atoms with Gasteiger partial charge in [-0.3, -0.25) is 0 Å². The van der Waals surface area contributed by atoms with E-state index < -0.39 is 0 Å². The van der Waals surface area contributed by atoms with Crippen molar-refractivity contribution in [3.63, 3.8) is 0 Å². The summed E-state index contributed by atoms with van der Waals surface area (Å²) in [6.45, 7) is 3.88. The van der Waals surface area contributed by atoms with E-state index >= 15 is 0 Å². The van der Waals surface area contributed by atoms with Gasteiger partial charge in [0.2, 0.25) is 5.89 Å². The molecule has 0 aliphatic carbocycles. The first kappa shape index (κ1) is 12.6. The van der Waals surface area contributed by atoms with Crippen molar-refractivity contribution in [1.29, 1.82) is 0 Å². The van der Waals surface area contributed by atoms with Crippen molar-refractivity contribution < 1.29 is 4.42 Å². The Morgan fingerprint density at radius 2 is 1.94 bits per heavy atom. The second-order valence-corrected chi connectivity index (χ2v) is 4.47. The molecule has 0 amide bonds. The molecule has 2 aromatic rings. The minimum atomic E-state index is -0.238. The fourth-order valence-electron chi connectivity index (χ4n) is 1.71. The van der Waals surface area contributed by atoms with Crippen LogP contribution >= 0.6 is 0 Å². The third-order valence-electron chi connectivity index (χ3n) is 2.58. The zero-order chi connectivity index (χ0) is 13.0. The molecule has 1 heterocycles. The van der Waals surface area contributed by atoms with Gasteiger partial charge in [0.05, 0.1) is 6.04 Å². The molecule has 0 aliphatic rings. The fourth-order valence-corrected chi connectivity index (χ4v) is 1.71. The average molecular weight is 246 g/mol. The molecule has 0 bridgehead atoms. The quantitative estimate of drug-likeness (QED) is 0.845. The van der Waals surface area contributed by atoms with Gasteiger partial charge in [-0.1, -0.05) is 35.4 Å². The van der Waals surface area contributed by atoms with Crippen molar-refractivity contribution in [1.82, 2.24) is 10.2 Å². The first-order chi connectivity index (χ1) is 8.65. The summed E-state index contributed by atoms with van der Waals surface area (Å²) in [5, 5.41) is 11.0. The van der Waals surface area contributed by atoms with Gasteiger partial charge in [0.15, 0.2) is 0 Å². The third kappa shape index (κ3) is 3.30. The zero-order valence-corrected chi connectivity index (χ0v) is 10.6. The molecule has 1 aromatic heterocycles. The van der Waals surface area contributed by atoms with Crippen LogP contribution in [0.2, 0.25) is 0 Å². The van der Waals surface area contributed by atoms with Crippen LogP contribution in [-0.2, 0) is 6.42 Å². The minimum absolute atomic E-state index is 0.216. The summed E-state index contributed by atoms with van der Waals surface area (Å²) >= 11 is 0. The predicted molar refractivity (Wildman–Crippen MR) is 70.1 cm³/mol. The minimum Gasteiger partial charge on any atom is -0.406 e. The van der Waals surface area contributed by atoms with Gasteiger partial charge in [-0.15, -0.1) is 5.10 Å². The summed E-state index contributed by atoms with van der Waals surface area (Å²) in [5.74, 6) is 0.449. The topological polar surface area (TPSA) is 77.0 Å². The Kier molecular flexibility index (Phi) is 3.94. The third-order valence-corrected chi connectivity index (χ3v) is 2.58. The highest BCUT2D eigenvalue weighted by molar-refractivity contribution is 5.23. The first-order valence-electron chi connectivity index (χ1n) is 6.04. The summed E-state index contributed by atoms with van der Waals surface area (Å²) in [6, 6.07) is 10.7. The standard InChI is InChI=1S/C13H18N4O/c1-9(8-11-6-4-3-5-7-11)15-13-17-16-12(18-13)10(2)14/h3-7,9-10H,8,14H2,1-2H3,(H,15,17).